The van der Waals surface area contributed by atoms with Gasteiger partial charge in [0.05, 0.1) is 11.3 Å². The Kier molecular flexibility index (Phi) is 4.34. The predicted octanol–water partition coefficient (Wildman–Crippen LogP) is 3.53. The molecular weight excluding hydrogens is 298 g/mol. The summed E-state index contributed by atoms with van der Waals surface area (Å²) in [6, 6.07) is 14.1. The standard InChI is InChI=1S/C21H21NO2/c1-13-11-15(3)17(12-14(13)2)18-19(21(24)20(18)23)22-10-9-16-7-5-4-6-8-16/h4-8,11-12,22H,9-10H2,1-3H3. The zero-order valence-electron chi connectivity index (χ0n) is 14.3. The van der Waals surface area contributed by atoms with E-state index in [-0.39, 0.29) is 5.43 Å². The lowest BCUT2D eigenvalue weighted by atomic mass is 9.91. The van der Waals surface area contributed by atoms with Gasteiger partial charge in [0.15, 0.2) is 0 Å². The summed E-state index contributed by atoms with van der Waals surface area (Å²) in [6.07, 6.45) is 0.811. The van der Waals surface area contributed by atoms with Gasteiger partial charge in [0, 0.05) is 6.54 Å². The zero-order valence-corrected chi connectivity index (χ0v) is 14.3. The van der Waals surface area contributed by atoms with E-state index in [1.807, 2.05) is 45.0 Å². The maximum Gasteiger partial charge on any atom is 0.250 e. The third kappa shape index (κ3) is 2.90. The van der Waals surface area contributed by atoms with Crippen LogP contribution in [0.4, 0.5) is 5.69 Å². The van der Waals surface area contributed by atoms with Crippen LogP contribution in [-0.4, -0.2) is 6.54 Å². The summed E-state index contributed by atoms with van der Waals surface area (Å²) in [6.45, 7) is 6.68. The summed E-state index contributed by atoms with van der Waals surface area (Å²) in [7, 11) is 0. The van der Waals surface area contributed by atoms with Crippen molar-refractivity contribution in [3.8, 4) is 11.1 Å². The van der Waals surface area contributed by atoms with Gasteiger partial charge in [0.2, 0.25) is 10.9 Å². The molecular formula is C21H21NO2. The molecule has 0 aromatic heterocycles. The van der Waals surface area contributed by atoms with Crippen molar-refractivity contribution in [2.24, 2.45) is 0 Å². The van der Waals surface area contributed by atoms with Crippen LogP contribution in [0, 0.1) is 20.8 Å². The summed E-state index contributed by atoms with van der Waals surface area (Å²) in [5.41, 5.74) is 5.61. The maximum absolute atomic E-state index is 12.1. The Labute approximate surface area is 141 Å². The molecule has 0 aliphatic rings. The van der Waals surface area contributed by atoms with Gasteiger partial charge in [0.25, 0.3) is 0 Å². The van der Waals surface area contributed by atoms with E-state index in [9.17, 15) is 9.59 Å². The Hall–Kier alpha value is -2.68. The lowest BCUT2D eigenvalue weighted by Crippen LogP contribution is -2.36. The fourth-order valence-electron chi connectivity index (χ4n) is 3.02. The lowest BCUT2D eigenvalue weighted by molar-refractivity contribution is 1.01. The van der Waals surface area contributed by atoms with Gasteiger partial charge >= 0.3 is 0 Å². The number of nitrogens with one attached hydrogen (secondary N) is 1. The van der Waals surface area contributed by atoms with E-state index in [0.29, 0.717) is 17.8 Å². The molecule has 3 heteroatoms. The predicted molar refractivity (Wildman–Crippen MR) is 99.6 cm³/mol. The molecule has 0 unspecified atom stereocenters. The van der Waals surface area contributed by atoms with Crippen LogP contribution in [0.2, 0.25) is 0 Å². The third-order valence-corrected chi connectivity index (χ3v) is 4.58. The van der Waals surface area contributed by atoms with Crippen LogP contribution < -0.4 is 16.2 Å². The minimum absolute atomic E-state index is 0.386. The van der Waals surface area contributed by atoms with E-state index in [1.165, 1.54) is 11.1 Å². The molecule has 0 heterocycles. The van der Waals surface area contributed by atoms with Crippen LogP contribution in [-0.2, 0) is 6.42 Å². The minimum atomic E-state index is -0.407. The van der Waals surface area contributed by atoms with Crippen LogP contribution in [0.3, 0.4) is 0 Å². The van der Waals surface area contributed by atoms with Crippen LogP contribution >= 0.6 is 0 Å². The van der Waals surface area contributed by atoms with Crippen LogP contribution in [0.25, 0.3) is 11.1 Å². The number of hydrogen-bond donors (Lipinski definition) is 1. The van der Waals surface area contributed by atoms with Gasteiger partial charge in [-0.25, -0.2) is 0 Å². The normalized spacial score (nSPS) is 11.0. The molecule has 3 aromatic carbocycles. The zero-order chi connectivity index (χ0) is 17.3. The van der Waals surface area contributed by atoms with Crippen molar-refractivity contribution in [1.29, 1.82) is 0 Å². The summed E-state index contributed by atoms with van der Waals surface area (Å²) >= 11 is 0. The highest BCUT2D eigenvalue weighted by Crippen LogP contribution is 2.29. The molecule has 3 rings (SSSR count). The van der Waals surface area contributed by atoms with Crippen molar-refractivity contribution < 1.29 is 0 Å². The average Bonchev–Trinajstić information content (AvgIpc) is 2.58. The average molecular weight is 319 g/mol. The molecule has 122 valence electrons. The van der Waals surface area contributed by atoms with Crippen molar-refractivity contribution >= 4 is 5.69 Å². The van der Waals surface area contributed by atoms with Crippen molar-refractivity contribution in [1.82, 2.24) is 0 Å². The van der Waals surface area contributed by atoms with Gasteiger partial charge < -0.3 is 5.32 Å². The van der Waals surface area contributed by atoms with E-state index >= 15 is 0 Å². The lowest BCUT2D eigenvalue weighted by Gasteiger charge is -2.16. The first-order valence-electron chi connectivity index (χ1n) is 8.18. The van der Waals surface area contributed by atoms with E-state index < -0.39 is 5.43 Å². The maximum atomic E-state index is 12.1. The molecule has 0 atom stereocenters. The fourth-order valence-corrected chi connectivity index (χ4v) is 3.02. The van der Waals surface area contributed by atoms with Gasteiger partial charge in [-0.2, -0.15) is 0 Å². The Morgan fingerprint density at radius 1 is 0.833 bits per heavy atom. The van der Waals surface area contributed by atoms with E-state index in [4.69, 9.17) is 0 Å². The second kappa shape index (κ2) is 6.44. The van der Waals surface area contributed by atoms with Gasteiger partial charge in [-0.05, 0) is 55.0 Å². The number of hydrogen-bond acceptors (Lipinski definition) is 3. The Bertz CT molecular complexity index is 948. The number of aryl methyl sites for hydroxylation is 3. The van der Waals surface area contributed by atoms with E-state index in [0.717, 1.165) is 23.1 Å². The largest absolute Gasteiger partial charge is 0.381 e. The molecule has 0 aliphatic heterocycles. The van der Waals surface area contributed by atoms with Crippen molar-refractivity contribution in [2.75, 3.05) is 11.9 Å². The SMILES string of the molecule is Cc1cc(C)c(-c2c(NCCc3ccccc3)c(=O)c2=O)cc1C. The molecule has 0 saturated heterocycles. The molecule has 0 fully saturated rings. The monoisotopic (exact) mass is 319 g/mol. The van der Waals surface area contributed by atoms with Crippen molar-refractivity contribution in [3.05, 3.63) is 85.2 Å². The second-order valence-electron chi connectivity index (χ2n) is 6.32. The summed E-state index contributed by atoms with van der Waals surface area (Å²) in [5, 5.41) is 3.17. The van der Waals surface area contributed by atoms with Crippen LogP contribution in [0.1, 0.15) is 22.3 Å². The number of rotatable bonds is 5. The third-order valence-electron chi connectivity index (χ3n) is 4.58. The molecule has 1 N–H and O–H groups in total. The first-order chi connectivity index (χ1) is 11.5. The van der Waals surface area contributed by atoms with Gasteiger partial charge in [-0.3, -0.25) is 9.59 Å². The van der Waals surface area contributed by atoms with E-state index in [2.05, 4.69) is 23.5 Å². The summed E-state index contributed by atoms with van der Waals surface area (Å²) in [4.78, 5) is 24.1. The Morgan fingerprint density at radius 2 is 1.50 bits per heavy atom. The molecule has 0 saturated carbocycles. The molecule has 3 aromatic rings. The molecule has 3 nitrogen and oxygen atoms in total. The highest BCUT2D eigenvalue weighted by molar-refractivity contribution is 5.84. The van der Waals surface area contributed by atoms with Gasteiger partial charge in [-0.1, -0.05) is 42.5 Å². The van der Waals surface area contributed by atoms with Crippen molar-refractivity contribution in [3.63, 3.8) is 0 Å². The topological polar surface area (TPSA) is 46.2 Å². The van der Waals surface area contributed by atoms with E-state index in [1.54, 1.807) is 0 Å². The van der Waals surface area contributed by atoms with Crippen LogP contribution in [0.5, 0.6) is 0 Å². The Morgan fingerprint density at radius 3 is 2.21 bits per heavy atom. The number of benzene rings is 2. The smallest absolute Gasteiger partial charge is 0.250 e. The molecule has 0 radical (unpaired) electrons. The highest BCUT2D eigenvalue weighted by Gasteiger charge is 2.23. The van der Waals surface area contributed by atoms with Gasteiger partial charge in [0.1, 0.15) is 0 Å². The molecule has 0 spiro atoms. The molecule has 0 bridgehead atoms. The summed E-state index contributed by atoms with van der Waals surface area (Å²) in [5.74, 6) is 0. The van der Waals surface area contributed by atoms with Gasteiger partial charge in [-0.15, -0.1) is 0 Å². The fraction of sp³-hybridized carbons (Fsp3) is 0.238. The molecule has 24 heavy (non-hydrogen) atoms. The minimum Gasteiger partial charge on any atom is -0.381 e. The van der Waals surface area contributed by atoms with Crippen molar-refractivity contribution in [2.45, 2.75) is 27.2 Å². The first-order valence-corrected chi connectivity index (χ1v) is 8.18. The number of anilines is 1. The molecule has 0 amide bonds. The molecule has 0 aliphatic carbocycles. The summed E-state index contributed by atoms with van der Waals surface area (Å²) < 4.78 is 0. The Balaban J connectivity index is 1.84. The quantitative estimate of drug-likeness (QED) is 0.732. The second-order valence-corrected chi connectivity index (χ2v) is 6.32. The van der Waals surface area contributed by atoms with Crippen LogP contribution in [0.15, 0.2) is 52.1 Å². The highest BCUT2D eigenvalue weighted by atomic mass is 16.2. The first kappa shape index (κ1) is 16.2.